The number of nitrogens with one attached hydrogen (secondary N) is 1. The summed E-state index contributed by atoms with van der Waals surface area (Å²) >= 11 is 1.27. The highest BCUT2D eigenvalue weighted by Crippen LogP contribution is 2.40. The second-order valence-corrected chi connectivity index (χ2v) is 5.85. The summed E-state index contributed by atoms with van der Waals surface area (Å²) in [7, 11) is 0. The SMILES string of the molecule is Cc1noc2nc(C3CC3)cc(C(=O)Nc3nncs3)c12. The molecule has 0 saturated heterocycles. The van der Waals surface area contributed by atoms with Crippen LogP contribution in [0.5, 0.6) is 0 Å². The van der Waals surface area contributed by atoms with E-state index in [9.17, 15) is 4.79 Å². The van der Waals surface area contributed by atoms with Crippen molar-refractivity contribution in [2.75, 3.05) is 5.32 Å². The van der Waals surface area contributed by atoms with Gasteiger partial charge < -0.3 is 4.52 Å². The highest BCUT2D eigenvalue weighted by molar-refractivity contribution is 7.13. The number of carbonyl (C=O) groups excluding carboxylic acids is 1. The van der Waals surface area contributed by atoms with Crippen LogP contribution in [-0.2, 0) is 0 Å². The lowest BCUT2D eigenvalue weighted by molar-refractivity contribution is 0.102. The zero-order valence-corrected chi connectivity index (χ0v) is 12.0. The molecule has 0 unspecified atom stereocenters. The minimum atomic E-state index is -0.243. The Bertz CT molecular complexity index is 823. The van der Waals surface area contributed by atoms with Gasteiger partial charge in [-0.25, -0.2) is 4.98 Å². The van der Waals surface area contributed by atoms with Gasteiger partial charge in [-0.15, -0.1) is 10.2 Å². The van der Waals surface area contributed by atoms with Crippen molar-refractivity contribution in [1.29, 1.82) is 0 Å². The third-order valence-corrected chi connectivity index (χ3v) is 4.06. The van der Waals surface area contributed by atoms with Crippen molar-refractivity contribution >= 4 is 33.5 Å². The minimum Gasteiger partial charge on any atom is -0.336 e. The second kappa shape index (κ2) is 4.59. The van der Waals surface area contributed by atoms with Crippen molar-refractivity contribution < 1.29 is 9.32 Å². The minimum absolute atomic E-state index is 0.243. The third kappa shape index (κ3) is 2.17. The zero-order valence-electron chi connectivity index (χ0n) is 11.2. The molecule has 3 aromatic heterocycles. The highest BCUT2D eigenvalue weighted by Gasteiger charge is 2.28. The number of aromatic nitrogens is 4. The van der Waals surface area contributed by atoms with E-state index in [1.807, 2.05) is 6.07 Å². The summed E-state index contributed by atoms with van der Waals surface area (Å²) in [6.45, 7) is 1.80. The lowest BCUT2D eigenvalue weighted by atomic mass is 10.1. The second-order valence-electron chi connectivity index (χ2n) is 5.02. The van der Waals surface area contributed by atoms with Crippen molar-refractivity contribution in [3.63, 3.8) is 0 Å². The molecule has 1 fully saturated rings. The summed E-state index contributed by atoms with van der Waals surface area (Å²) in [6.07, 6.45) is 2.20. The molecule has 0 aliphatic heterocycles. The van der Waals surface area contributed by atoms with Crippen LogP contribution < -0.4 is 5.32 Å². The predicted molar refractivity (Wildman–Crippen MR) is 76.4 cm³/mol. The summed E-state index contributed by atoms with van der Waals surface area (Å²) < 4.78 is 5.23. The molecule has 3 heterocycles. The van der Waals surface area contributed by atoms with E-state index in [0.717, 1.165) is 18.5 Å². The summed E-state index contributed by atoms with van der Waals surface area (Å²) in [6, 6.07) is 1.83. The number of hydrogen-bond donors (Lipinski definition) is 1. The maximum Gasteiger partial charge on any atom is 0.259 e. The van der Waals surface area contributed by atoms with Crippen LogP contribution in [0.15, 0.2) is 16.1 Å². The van der Waals surface area contributed by atoms with Gasteiger partial charge in [0.2, 0.25) is 5.13 Å². The van der Waals surface area contributed by atoms with Crippen LogP contribution in [0.1, 0.15) is 40.5 Å². The van der Waals surface area contributed by atoms with Crippen LogP contribution in [0.3, 0.4) is 0 Å². The molecule has 3 aromatic rings. The van der Waals surface area contributed by atoms with Crippen LogP contribution >= 0.6 is 11.3 Å². The third-order valence-electron chi connectivity index (χ3n) is 3.46. The summed E-state index contributed by atoms with van der Waals surface area (Å²) in [5.74, 6) is 0.181. The first-order valence-electron chi connectivity index (χ1n) is 6.57. The van der Waals surface area contributed by atoms with Crippen molar-refractivity contribution in [1.82, 2.24) is 20.3 Å². The monoisotopic (exact) mass is 301 g/mol. The Morgan fingerprint density at radius 3 is 3.05 bits per heavy atom. The first-order valence-corrected chi connectivity index (χ1v) is 7.45. The zero-order chi connectivity index (χ0) is 14.4. The number of hydrogen-bond acceptors (Lipinski definition) is 7. The van der Waals surface area contributed by atoms with Gasteiger partial charge in [0.15, 0.2) is 0 Å². The molecule has 1 amide bonds. The molecule has 1 aliphatic carbocycles. The van der Waals surface area contributed by atoms with E-state index in [-0.39, 0.29) is 5.91 Å². The maximum absolute atomic E-state index is 12.5. The Morgan fingerprint density at radius 1 is 1.48 bits per heavy atom. The number of aryl methyl sites for hydroxylation is 1. The molecule has 0 bridgehead atoms. The quantitative estimate of drug-likeness (QED) is 0.799. The van der Waals surface area contributed by atoms with E-state index in [1.54, 1.807) is 12.4 Å². The van der Waals surface area contributed by atoms with Crippen LogP contribution in [0.2, 0.25) is 0 Å². The van der Waals surface area contributed by atoms with E-state index >= 15 is 0 Å². The van der Waals surface area contributed by atoms with Crippen LogP contribution in [-0.4, -0.2) is 26.2 Å². The number of pyridine rings is 1. The maximum atomic E-state index is 12.5. The van der Waals surface area contributed by atoms with Crippen molar-refractivity contribution in [3.05, 3.63) is 28.5 Å². The fourth-order valence-electron chi connectivity index (χ4n) is 2.27. The number of anilines is 1. The van der Waals surface area contributed by atoms with Gasteiger partial charge >= 0.3 is 0 Å². The summed E-state index contributed by atoms with van der Waals surface area (Å²) in [5, 5.41) is 15.3. The number of fused-ring (bicyclic) bond motifs is 1. The average Bonchev–Trinajstić information content (AvgIpc) is 3.10. The molecule has 8 heteroatoms. The lowest BCUT2D eigenvalue weighted by Gasteiger charge is -2.05. The topological polar surface area (TPSA) is 93.8 Å². The highest BCUT2D eigenvalue weighted by atomic mass is 32.1. The molecular weight excluding hydrogens is 290 g/mol. The molecule has 106 valence electrons. The standard InChI is InChI=1S/C13H11N5O2S/c1-6-10-8(11(19)16-13-17-14-5-21-13)4-9(7-2-3-7)15-12(10)20-18-6/h4-5,7H,2-3H2,1H3,(H,16,17,19). The molecule has 0 atom stereocenters. The van der Waals surface area contributed by atoms with Gasteiger partial charge in [-0.3, -0.25) is 10.1 Å². The number of nitrogens with zero attached hydrogens (tertiary/aromatic N) is 4. The number of amides is 1. The van der Waals surface area contributed by atoms with Gasteiger partial charge in [0.1, 0.15) is 5.51 Å². The Labute approximate surface area is 123 Å². The van der Waals surface area contributed by atoms with E-state index in [4.69, 9.17) is 4.52 Å². The Balaban J connectivity index is 1.81. The largest absolute Gasteiger partial charge is 0.336 e. The molecule has 0 aromatic carbocycles. The molecule has 1 N–H and O–H groups in total. The van der Waals surface area contributed by atoms with Crippen LogP contribution in [0.25, 0.3) is 11.1 Å². The Hall–Kier alpha value is -2.35. The average molecular weight is 301 g/mol. The van der Waals surface area contributed by atoms with E-state index in [0.29, 0.717) is 33.4 Å². The van der Waals surface area contributed by atoms with Gasteiger partial charge in [-0.2, -0.15) is 0 Å². The van der Waals surface area contributed by atoms with Crippen molar-refractivity contribution in [2.24, 2.45) is 0 Å². The van der Waals surface area contributed by atoms with Gasteiger partial charge in [-0.1, -0.05) is 16.5 Å². The molecule has 0 radical (unpaired) electrons. The first-order chi connectivity index (χ1) is 10.2. The summed E-state index contributed by atoms with van der Waals surface area (Å²) in [5.41, 5.74) is 4.05. The molecular formula is C13H11N5O2S. The van der Waals surface area contributed by atoms with Crippen molar-refractivity contribution in [2.45, 2.75) is 25.7 Å². The number of carbonyl (C=O) groups is 1. The molecule has 1 saturated carbocycles. The number of rotatable bonds is 3. The smallest absolute Gasteiger partial charge is 0.259 e. The molecule has 1 aliphatic rings. The lowest BCUT2D eigenvalue weighted by Crippen LogP contribution is -2.13. The summed E-state index contributed by atoms with van der Waals surface area (Å²) in [4.78, 5) is 17.0. The molecule has 21 heavy (non-hydrogen) atoms. The fourth-order valence-corrected chi connectivity index (χ4v) is 2.71. The van der Waals surface area contributed by atoms with E-state index in [1.165, 1.54) is 11.3 Å². The Morgan fingerprint density at radius 2 is 2.33 bits per heavy atom. The molecule has 4 rings (SSSR count). The molecule has 7 nitrogen and oxygen atoms in total. The van der Waals surface area contributed by atoms with Gasteiger partial charge in [0.05, 0.1) is 16.6 Å². The van der Waals surface area contributed by atoms with Gasteiger partial charge in [-0.05, 0) is 25.8 Å². The van der Waals surface area contributed by atoms with Crippen molar-refractivity contribution in [3.8, 4) is 0 Å². The van der Waals surface area contributed by atoms with Crippen LogP contribution in [0.4, 0.5) is 5.13 Å². The van der Waals surface area contributed by atoms with Gasteiger partial charge in [0.25, 0.3) is 11.6 Å². The van der Waals surface area contributed by atoms with E-state index in [2.05, 4.69) is 25.7 Å². The fraction of sp³-hybridized carbons (Fsp3) is 0.308. The normalized spacial score (nSPS) is 14.5. The predicted octanol–water partition coefficient (Wildman–Crippen LogP) is 2.51. The Kier molecular flexibility index (Phi) is 2.71. The first kappa shape index (κ1) is 12.4. The van der Waals surface area contributed by atoms with E-state index < -0.39 is 0 Å². The van der Waals surface area contributed by atoms with Gasteiger partial charge in [0, 0.05) is 11.6 Å². The van der Waals surface area contributed by atoms with Crippen LogP contribution in [0, 0.1) is 6.92 Å². The molecule has 0 spiro atoms.